The number of carboxylic acids is 1. The van der Waals surface area contributed by atoms with E-state index in [1.165, 1.54) is 88.8 Å². The van der Waals surface area contributed by atoms with Crippen LogP contribution in [0.5, 0.6) is 0 Å². The van der Waals surface area contributed by atoms with E-state index in [4.69, 9.17) is 20.3 Å². The van der Waals surface area contributed by atoms with E-state index in [2.05, 4.69) is 34.0 Å². The van der Waals surface area contributed by atoms with Crippen molar-refractivity contribution >= 4 is 46.4 Å². The van der Waals surface area contributed by atoms with E-state index in [0.29, 0.717) is 41.7 Å². The molecule has 1 amide bonds. The number of aromatic amines is 1. The zero-order valence-electron chi connectivity index (χ0n) is 34.6. The first-order valence-corrected chi connectivity index (χ1v) is 22.9. The number of aliphatic carboxylic acids is 1. The molecule has 4 aromatic rings. The van der Waals surface area contributed by atoms with Gasteiger partial charge < -0.3 is 14.9 Å². The molecule has 4 aromatic heterocycles. The summed E-state index contributed by atoms with van der Waals surface area (Å²) in [5.74, 6) is 0.228. The van der Waals surface area contributed by atoms with Crippen LogP contribution in [0.3, 0.4) is 0 Å². The second-order valence-electron chi connectivity index (χ2n) is 15.7. The number of carbonyl (C=O) groups excluding carboxylic acids is 1. The summed E-state index contributed by atoms with van der Waals surface area (Å²) < 4.78 is 3.84. The summed E-state index contributed by atoms with van der Waals surface area (Å²) in [7, 11) is 0. The lowest BCUT2D eigenvalue weighted by atomic mass is 10.0. The number of rotatable bonds is 27. The third-order valence-electron chi connectivity index (χ3n) is 11.3. The summed E-state index contributed by atoms with van der Waals surface area (Å²) in [4.78, 5) is 34.7. The van der Waals surface area contributed by atoms with E-state index in [-0.39, 0.29) is 24.8 Å². The van der Waals surface area contributed by atoms with Gasteiger partial charge >= 0.3 is 5.97 Å². The maximum Gasteiger partial charge on any atom is 0.303 e. The van der Waals surface area contributed by atoms with Gasteiger partial charge in [0.05, 0.1) is 19.0 Å². The molecule has 1 unspecified atom stereocenters. The van der Waals surface area contributed by atoms with Crippen LogP contribution in [0.15, 0.2) is 5.03 Å². The maximum absolute atomic E-state index is 13.9. The number of carboxylic acid groups (broad SMARTS) is 1. The average Bonchev–Trinajstić information content (AvgIpc) is 3.87. The average molecular weight is 794 g/mol. The van der Waals surface area contributed by atoms with Crippen LogP contribution < -0.4 is 4.90 Å². The Morgan fingerprint density at radius 2 is 1.45 bits per heavy atom. The Labute approximate surface area is 337 Å². The minimum Gasteiger partial charge on any atom is -0.481 e. The summed E-state index contributed by atoms with van der Waals surface area (Å²) >= 11 is 1.53. The first-order valence-electron chi connectivity index (χ1n) is 21.7. The SMILES string of the molecule is CCCCCCCCCCCCC(c1nnc2c(Cn3nc(SC)c4nnc(N5CCCCC5)nc43)c(C)[nH]n12)N(CCCCCCCC)C(=O)CCC(=O)O. The van der Waals surface area contributed by atoms with E-state index < -0.39 is 5.97 Å². The van der Waals surface area contributed by atoms with Gasteiger partial charge in [-0.2, -0.15) is 10.1 Å². The van der Waals surface area contributed by atoms with Crippen molar-refractivity contribution in [3.8, 4) is 0 Å². The number of piperidine rings is 1. The number of hydrogen-bond acceptors (Lipinski definition) is 10. The van der Waals surface area contributed by atoms with Gasteiger partial charge in [0.1, 0.15) is 5.03 Å². The minimum atomic E-state index is -0.960. The number of thioether (sulfide) groups is 1. The van der Waals surface area contributed by atoms with Gasteiger partial charge in [0, 0.05) is 37.3 Å². The molecule has 1 aliphatic rings. The Bertz CT molecular complexity index is 1800. The molecule has 1 atom stereocenters. The molecule has 0 saturated carbocycles. The van der Waals surface area contributed by atoms with Crippen molar-refractivity contribution in [3.05, 3.63) is 17.1 Å². The van der Waals surface area contributed by atoms with Crippen LogP contribution >= 0.6 is 11.8 Å². The van der Waals surface area contributed by atoms with E-state index in [1.807, 2.05) is 27.3 Å². The highest BCUT2D eigenvalue weighted by Crippen LogP contribution is 2.31. The zero-order valence-corrected chi connectivity index (χ0v) is 35.4. The van der Waals surface area contributed by atoms with Crippen LogP contribution in [0.4, 0.5) is 5.95 Å². The monoisotopic (exact) mass is 794 g/mol. The van der Waals surface area contributed by atoms with Crippen LogP contribution in [0.2, 0.25) is 0 Å². The van der Waals surface area contributed by atoms with Gasteiger partial charge in [0.25, 0.3) is 0 Å². The molecule has 1 saturated heterocycles. The molecule has 0 radical (unpaired) electrons. The molecular formula is C41H67N11O3S. The molecule has 0 bridgehead atoms. The van der Waals surface area contributed by atoms with Crippen molar-refractivity contribution in [2.75, 3.05) is 30.8 Å². The highest BCUT2D eigenvalue weighted by atomic mass is 32.2. The molecule has 5 heterocycles. The normalized spacial score (nSPS) is 14.0. The fourth-order valence-electron chi connectivity index (χ4n) is 7.99. The number of unbranched alkanes of at least 4 members (excludes halogenated alkanes) is 14. The lowest BCUT2D eigenvalue weighted by Crippen LogP contribution is -2.37. The molecule has 14 nitrogen and oxygen atoms in total. The van der Waals surface area contributed by atoms with Gasteiger partial charge in [0.2, 0.25) is 11.9 Å². The first kappa shape index (κ1) is 43.4. The maximum atomic E-state index is 13.9. The van der Waals surface area contributed by atoms with Gasteiger partial charge in [-0.3, -0.25) is 14.7 Å². The number of anilines is 1. The number of carbonyl (C=O) groups is 2. The number of H-pyrrole nitrogens is 1. The molecule has 1 fully saturated rings. The van der Waals surface area contributed by atoms with E-state index in [1.54, 1.807) is 0 Å². The van der Waals surface area contributed by atoms with Crippen molar-refractivity contribution in [1.82, 2.24) is 49.7 Å². The summed E-state index contributed by atoms with van der Waals surface area (Å²) in [6.45, 7) is 9.32. The van der Waals surface area contributed by atoms with Crippen LogP contribution in [0, 0.1) is 6.92 Å². The highest BCUT2D eigenvalue weighted by molar-refractivity contribution is 7.98. The fraction of sp³-hybridized carbons (Fsp3) is 0.756. The van der Waals surface area contributed by atoms with Crippen LogP contribution in [-0.4, -0.2) is 92.5 Å². The van der Waals surface area contributed by atoms with Gasteiger partial charge in [-0.15, -0.1) is 32.2 Å². The summed E-state index contributed by atoms with van der Waals surface area (Å²) in [5.41, 5.74) is 3.94. The quantitative estimate of drug-likeness (QED) is 0.0437. The van der Waals surface area contributed by atoms with E-state index in [9.17, 15) is 14.7 Å². The van der Waals surface area contributed by atoms with Crippen molar-refractivity contribution in [2.45, 2.75) is 180 Å². The third-order valence-corrected chi connectivity index (χ3v) is 11.9. The molecule has 1 aliphatic heterocycles. The molecule has 0 spiro atoms. The van der Waals surface area contributed by atoms with Crippen molar-refractivity contribution < 1.29 is 14.7 Å². The predicted molar refractivity (Wildman–Crippen MR) is 223 cm³/mol. The van der Waals surface area contributed by atoms with Gasteiger partial charge in [-0.1, -0.05) is 110 Å². The summed E-state index contributed by atoms with van der Waals surface area (Å²) in [5, 5.41) is 37.3. The molecule has 56 heavy (non-hydrogen) atoms. The molecule has 0 aromatic carbocycles. The largest absolute Gasteiger partial charge is 0.481 e. The van der Waals surface area contributed by atoms with E-state index >= 15 is 0 Å². The fourth-order valence-corrected chi connectivity index (χ4v) is 8.50. The minimum absolute atomic E-state index is 0.0316. The third kappa shape index (κ3) is 11.9. The van der Waals surface area contributed by atoms with E-state index in [0.717, 1.165) is 80.7 Å². The van der Waals surface area contributed by atoms with Gasteiger partial charge in [-0.25, -0.2) is 9.20 Å². The standard InChI is InChI=1S/C41H67N11O3S/c1-5-7-9-11-13-14-15-16-17-20-24-33(50(34(53)25-26-35(54)55)29-23-18-12-10-8-6-2)38-45-44-37-32(31(3)47-52(37)38)30-51-39-36(40(48-51)56-4)43-46-41(42-39)49-27-21-19-22-28-49/h33,47H,5-30H2,1-4H3,(H,54,55). The van der Waals surface area contributed by atoms with Crippen LogP contribution in [-0.2, 0) is 16.1 Å². The number of nitrogens with one attached hydrogen (secondary N) is 1. The van der Waals surface area contributed by atoms with Gasteiger partial charge in [0.15, 0.2) is 22.6 Å². The smallest absolute Gasteiger partial charge is 0.303 e. The Morgan fingerprint density at radius 1 is 0.804 bits per heavy atom. The van der Waals surface area contributed by atoms with Crippen LogP contribution in [0.25, 0.3) is 16.8 Å². The topological polar surface area (TPSA) is 163 Å². The molecule has 15 heteroatoms. The van der Waals surface area contributed by atoms with Crippen molar-refractivity contribution in [3.63, 3.8) is 0 Å². The number of aryl methyl sites for hydroxylation is 1. The Morgan fingerprint density at radius 3 is 2.09 bits per heavy atom. The second kappa shape index (κ2) is 22.9. The number of fused-ring (bicyclic) bond motifs is 2. The lowest BCUT2D eigenvalue weighted by molar-refractivity contribution is -0.142. The predicted octanol–water partition coefficient (Wildman–Crippen LogP) is 9.07. The summed E-state index contributed by atoms with van der Waals surface area (Å²) in [6, 6.07) is -0.334. The lowest BCUT2D eigenvalue weighted by Gasteiger charge is -2.31. The Kier molecular flexibility index (Phi) is 17.7. The molecule has 0 aliphatic carbocycles. The molecular weight excluding hydrogens is 727 g/mol. The number of aromatic nitrogens is 9. The second-order valence-corrected chi connectivity index (χ2v) is 16.5. The van der Waals surface area contributed by atoms with Crippen molar-refractivity contribution in [1.29, 1.82) is 0 Å². The number of amides is 1. The Hall–Kier alpha value is -3.75. The molecule has 2 N–H and O–H groups in total. The zero-order chi connectivity index (χ0) is 39.7. The Balaban J connectivity index is 1.40. The number of nitrogens with zero attached hydrogens (tertiary/aromatic N) is 10. The van der Waals surface area contributed by atoms with Gasteiger partial charge in [-0.05, 0) is 45.3 Å². The molecule has 310 valence electrons. The van der Waals surface area contributed by atoms with Crippen LogP contribution in [0.1, 0.15) is 178 Å². The molecule has 5 rings (SSSR count). The number of hydrogen-bond donors (Lipinski definition) is 2. The summed E-state index contributed by atoms with van der Waals surface area (Å²) in [6.07, 6.45) is 24.8. The van der Waals surface area contributed by atoms with Crippen molar-refractivity contribution in [2.24, 2.45) is 0 Å². The first-order chi connectivity index (χ1) is 27.4. The highest BCUT2D eigenvalue weighted by Gasteiger charge is 2.31.